The van der Waals surface area contributed by atoms with Gasteiger partial charge in [-0.2, -0.15) is 13.8 Å². The van der Waals surface area contributed by atoms with E-state index in [0.29, 0.717) is 6.20 Å². The molecule has 0 bridgehead atoms. The minimum absolute atomic E-state index is 0.126. The molecule has 0 aliphatic carbocycles. The van der Waals surface area contributed by atoms with Gasteiger partial charge in [0.15, 0.2) is 6.67 Å². The summed E-state index contributed by atoms with van der Waals surface area (Å²) in [6, 6.07) is 3.39. The zero-order chi connectivity index (χ0) is 22.1. The van der Waals surface area contributed by atoms with E-state index in [0.717, 1.165) is 25.4 Å². The van der Waals surface area contributed by atoms with Crippen molar-refractivity contribution >= 4 is 26.9 Å². The number of benzene rings is 1. The Hall–Kier alpha value is -3.16. The molecule has 8 nitrogen and oxygen atoms in total. The average molecular weight is 452 g/mol. The number of anilines is 1. The topological polar surface area (TPSA) is 106 Å². The molecule has 0 radical (unpaired) electrons. The highest BCUT2D eigenvalue weighted by Gasteiger charge is 2.33. The van der Waals surface area contributed by atoms with Crippen LogP contribution in [0, 0.1) is 0 Å². The number of aromatic amines is 1. The van der Waals surface area contributed by atoms with Crippen molar-refractivity contribution in [2.45, 2.75) is 17.4 Å². The van der Waals surface area contributed by atoms with Gasteiger partial charge < -0.3 is 14.5 Å². The number of hydrogen-bond acceptors (Lipinski definition) is 6. The van der Waals surface area contributed by atoms with Crippen LogP contribution in [0.15, 0.2) is 35.5 Å². The van der Waals surface area contributed by atoms with Gasteiger partial charge in [-0.3, -0.25) is 0 Å². The van der Waals surface area contributed by atoms with Crippen LogP contribution in [0.3, 0.4) is 0 Å². The van der Waals surface area contributed by atoms with Gasteiger partial charge in [0.2, 0.25) is 11.7 Å². The van der Waals surface area contributed by atoms with Crippen LogP contribution in [0.1, 0.15) is 12.0 Å². The number of fused-ring (bicyclic) bond motifs is 1. The Morgan fingerprint density at radius 2 is 2.03 bits per heavy atom. The number of hydrogen-bond donors (Lipinski definition) is 2. The van der Waals surface area contributed by atoms with E-state index in [-0.39, 0.29) is 21.4 Å². The van der Waals surface area contributed by atoms with Gasteiger partial charge in [-0.15, -0.1) is 0 Å². The molecule has 162 valence electrons. The highest BCUT2D eigenvalue weighted by molar-refractivity contribution is 7.93. The summed E-state index contributed by atoms with van der Waals surface area (Å²) in [5.74, 6) is -1.84. The molecule has 2 aromatic heterocycles. The molecule has 3 aromatic rings. The van der Waals surface area contributed by atoms with E-state index in [4.69, 9.17) is 4.74 Å². The van der Waals surface area contributed by atoms with Crippen molar-refractivity contribution in [2.24, 2.45) is 0 Å². The van der Waals surface area contributed by atoms with Crippen molar-refractivity contribution in [3.8, 4) is 11.6 Å². The van der Waals surface area contributed by atoms with Crippen molar-refractivity contribution < 1.29 is 39.8 Å². The van der Waals surface area contributed by atoms with E-state index < -0.39 is 46.8 Å². The van der Waals surface area contributed by atoms with Crippen LogP contribution >= 0.6 is 0 Å². The predicted molar refractivity (Wildman–Crippen MR) is 94.2 cm³/mol. The lowest BCUT2D eigenvalue weighted by molar-refractivity contribution is -0.187. The second kappa shape index (κ2) is 7.93. The van der Waals surface area contributed by atoms with Gasteiger partial charge in [-0.25, -0.2) is 31.3 Å². The monoisotopic (exact) mass is 452 g/mol. The third-order valence-electron chi connectivity index (χ3n) is 3.77. The van der Waals surface area contributed by atoms with E-state index in [2.05, 4.69) is 19.7 Å². The lowest BCUT2D eigenvalue weighted by atomic mass is 10.2. The van der Waals surface area contributed by atoms with E-state index in [1.807, 2.05) is 4.72 Å². The molecule has 0 aliphatic rings. The molecule has 0 atom stereocenters. The Labute approximate surface area is 166 Å². The third kappa shape index (κ3) is 4.37. The fraction of sp³-hybridized carbons (Fsp3) is 0.250. The summed E-state index contributed by atoms with van der Waals surface area (Å²) in [5.41, 5.74) is -0.140. The summed E-state index contributed by atoms with van der Waals surface area (Å²) in [6.45, 7) is -2.11. The van der Waals surface area contributed by atoms with Crippen LogP contribution in [0.2, 0.25) is 0 Å². The largest absolute Gasteiger partial charge is 0.478 e. The molecule has 0 saturated carbocycles. The summed E-state index contributed by atoms with van der Waals surface area (Å²) < 4.78 is 100. The van der Waals surface area contributed by atoms with Crippen molar-refractivity contribution in [1.29, 1.82) is 0 Å². The Bertz CT molecular complexity index is 1170. The van der Waals surface area contributed by atoms with Gasteiger partial charge in [0.05, 0.1) is 13.3 Å². The summed E-state index contributed by atoms with van der Waals surface area (Å²) in [6.07, 6.45) is -5.13. The van der Waals surface area contributed by atoms with E-state index in [9.17, 15) is 30.4 Å². The number of ether oxygens (including phenoxy) is 2. The van der Waals surface area contributed by atoms with Crippen molar-refractivity contribution in [3.05, 3.63) is 36.2 Å². The first-order valence-corrected chi connectivity index (χ1v) is 9.50. The quantitative estimate of drug-likeness (QED) is 0.506. The van der Waals surface area contributed by atoms with Gasteiger partial charge in [-0.05, 0) is 6.07 Å². The number of nitrogens with zero attached hydrogens (tertiary/aromatic N) is 2. The Kier molecular flexibility index (Phi) is 5.70. The lowest BCUT2D eigenvalue weighted by Crippen LogP contribution is -2.27. The summed E-state index contributed by atoms with van der Waals surface area (Å²) >= 11 is 0. The normalized spacial score (nSPS) is 12.4. The highest BCUT2D eigenvalue weighted by atomic mass is 32.2. The fourth-order valence-electron chi connectivity index (χ4n) is 2.46. The second-order valence-corrected chi connectivity index (χ2v) is 7.46. The maximum Gasteiger partial charge on any atom is 0.427 e. The number of methoxy groups -OCH3 is 1. The van der Waals surface area contributed by atoms with Gasteiger partial charge in [0, 0.05) is 22.7 Å². The molecule has 0 fully saturated rings. The summed E-state index contributed by atoms with van der Waals surface area (Å²) in [4.78, 5) is 9.45. The van der Waals surface area contributed by atoms with Crippen LogP contribution in [0.5, 0.6) is 11.6 Å². The van der Waals surface area contributed by atoms with Crippen LogP contribution in [0.25, 0.3) is 10.9 Å². The smallest absolute Gasteiger partial charge is 0.427 e. The molecule has 0 saturated heterocycles. The molecule has 0 spiro atoms. The molecule has 1 aromatic carbocycles. The van der Waals surface area contributed by atoms with Gasteiger partial charge >= 0.3 is 6.11 Å². The number of sulfonamides is 1. The Morgan fingerprint density at radius 3 is 2.67 bits per heavy atom. The van der Waals surface area contributed by atoms with Crippen LogP contribution in [-0.4, -0.2) is 43.3 Å². The molecule has 3 rings (SSSR count). The number of H-pyrrole nitrogens is 1. The van der Waals surface area contributed by atoms with Crippen LogP contribution < -0.4 is 14.2 Å². The second-order valence-electron chi connectivity index (χ2n) is 5.80. The summed E-state index contributed by atoms with van der Waals surface area (Å²) in [5, 5.41) is 0.126. The number of alkyl halides is 5. The van der Waals surface area contributed by atoms with Crippen LogP contribution in [0.4, 0.5) is 27.9 Å². The lowest BCUT2D eigenvalue weighted by Gasteiger charge is -2.16. The minimum atomic E-state index is -4.31. The zero-order valence-electron chi connectivity index (χ0n) is 15.0. The molecular formula is C16H13F5N4O4S. The molecule has 14 heteroatoms. The maximum atomic E-state index is 13.1. The SMILES string of the molecule is COc1nc(NS(=O)(=O)c2c[nH]c3cc(C(F)F)ccc23)ncc1OC(F)(F)CF. The summed E-state index contributed by atoms with van der Waals surface area (Å²) in [7, 11) is -3.26. The molecule has 0 amide bonds. The Morgan fingerprint density at radius 1 is 1.30 bits per heavy atom. The van der Waals surface area contributed by atoms with Gasteiger partial charge in [0.1, 0.15) is 4.90 Å². The number of halogens is 5. The van der Waals surface area contributed by atoms with Crippen molar-refractivity contribution in [3.63, 3.8) is 0 Å². The first-order chi connectivity index (χ1) is 14.1. The molecule has 0 unspecified atom stereocenters. The highest BCUT2D eigenvalue weighted by Crippen LogP contribution is 2.31. The molecular weight excluding hydrogens is 439 g/mol. The minimum Gasteiger partial charge on any atom is -0.478 e. The number of aromatic nitrogens is 3. The standard InChI is InChI=1S/C16H13F5N4O4S/c1-28-14-11(29-16(20,21)7-17)5-23-15(24-14)25-30(26,27)12-6-22-10-4-8(13(18)19)2-3-9(10)12/h2-6,13,22H,7H2,1H3,(H,23,24,25). The third-order valence-corrected chi connectivity index (χ3v) is 5.13. The first kappa shape index (κ1) is 21.5. The van der Waals surface area contributed by atoms with E-state index in [1.54, 1.807) is 0 Å². The van der Waals surface area contributed by atoms with E-state index >= 15 is 0 Å². The predicted octanol–water partition coefficient (Wildman–Crippen LogP) is 3.65. The van der Waals surface area contributed by atoms with Gasteiger partial charge in [0.25, 0.3) is 22.3 Å². The number of rotatable bonds is 8. The van der Waals surface area contributed by atoms with Gasteiger partial charge in [-0.1, -0.05) is 12.1 Å². The molecule has 30 heavy (non-hydrogen) atoms. The molecule has 2 N–H and O–H groups in total. The first-order valence-electron chi connectivity index (χ1n) is 8.02. The maximum absolute atomic E-state index is 13.1. The Balaban J connectivity index is 1.91. The fourth-order valence-corrected chi connectivity index (χ4v) is 3.59. The zero-order valence-corrected chi connectivity index (χ0v) is 15.8. The number of nitrogens with one attached hydrogen (secondary N) is 2. The van der Waals surface area contributed by atoms with Crippen LogP contribution in [-0.2, 0) is 10.0 Å². The molecule has 0 aliphatic heterocycles. The van der Waals surface area contributed by atoms with Crippen molar-refractivity contribution in [1.82, 2.24) is 15.0 Å². The molecule has 2 heterocycles. The average Bonchev–Trinajstić information content (AvgIpc) is 3.13. The van der Waals surface area contributed by atoms with Crippen molar-refractivity contribution in [2.75, 3.05) is 18.5 Å². The van der Waals surface area contributed by atoms with E-state index in [1.165, 1.54) is 6.07 Å².